The van der Waals surface area contributed by atoms with E-state index in [0.717, 1.165) is 17.7 Å². The first-order chi connectivity index (χ1) is 9.10. The lowest BCUT2D eigenvalue weighted by atomic mass is 10.1. The van der Waals surface area contributed by atoms with Gasteiger partial charge in [0.15, 0.2) is 0 Å². The van der Waals surface area contributed by atoms with E-state index >= 15 is 0 Å². The molecular weight excluding hydrogens is 278 g/mol. The van der Waals surface area contributed by atoms with Crippen molar-refractivity contribution < 1.29 is 4.74 Å². The average molecular weight is 296 g/mol. The molecule has 1 aromatic heterocycles. The first kappa shape index (κ1) is 14.4. The van der Waals surface area contributed by atoms with Crippen LogP contribution in [0.5, 0.6) is 5.75 Å². The van der Waals surface area contributed by atoms with Crippen molar-refractivity contribution in [1.82, 2.24) is 0 Å². The normalized spacial score (nSPS) is 12.4. The highest BCUT2D eigenvalue weighted by Gasteiger charge is 2.09. The molecule has 0 aliphatic rings. The van der Waals surface area contributed by atoms with Crippen LogP contribution >= 0.6 is 22.9 Å². The highest BCUT2D eigenvalue weighted by atomic mass is 35.5. The van der Waals surface area contributed by atoms with Gasteiger partial charge in [-0.05, 0) is 43.7 Å². The van der Waals surface area contributed by atoms with Crippen molar-refractivity contribution in [3.63, 3.8) is 0 Å². The Morgan fingerprint density at radius 1 is 1.26 bits per heavy atom. The van der Waals surface area contributed by atoms with E-state index in [1.807, 2.05) is 25.1 Å². The molecule has 0 saturated carbocycles. The Balaban J connectivity index is 2.10. The number of thiophene rings is 1. The highest BCUT2D eigenvalue weighted by Crippen LogP contribution is 2.28. The summed E-state index contributed by atoms with van der Waals surface area (Å²) >= 11 is 7.78. The Labute approximate surface area is 123 Å². The molecule has 0 fully saturated rings. The van der Waals surface area contributed by atoms with Crippen molar-refractivity contribution in [2.45, 2.75) is 32.9 Å². The summed E-state index contributed by atoms with van der Waals surface area (Å²) in [6, 6.07) is 9.75. The summed E-state index contributed by atoms with van der Waals surface area (Å²) in [7, 11) is 0. The third-order valence-corrected chi connectivity index (χ3v) is 4.34. The zero-order valence-corrected chi connectivity index (χ0v) is 12.7. The zero-order valence-electron chi connectivity index (χ0n) is 11.2. The molecule has 1 atom stereocenters. The van der Waals surface area contributed by atoms with Crippen molar-refractivity contribution in [1.29, 1.82) is 0 Å². The van der Waals surface area contributed by atoms with Gasteiger partial charge < -0.3 is 10.5 Å². The smallest absolute Gasteiger partial charge is 0.124 e. The average Bonchev–Trinajstić information content (AvgIpc) is 2.85. The van der Waals surface area contributed by atoms with Crippen LogP contribution < -0.4 is 10.5 Å². The van der Waals surface area contributed by atoms with Crippen molar-refractivity contribution in [2.24, 2.45) is 5.73 Å². The molecule has 0 amide bonds. The first-order valence-electron chi connectivity index (χ1n) is 6.35. The standard InChI is InChI=1S/C15H18ClNOS/c1-3-12-5-6-13(19-12)9-18-15-7-4-11(16)8-14(15)10(2)17/h4-8,10H,3,9,17H2,1-2H3. The summed E-state index contributed by atoms with van der Waals surface area (Å²) in [6.07, 6.45) is 1.07. The van der Waals surface area contributed by atoms with Gasteiger partial charge in [-0.25, -0.2) is 0 Å². The van der Waals surface area contributed by atoms with Crippen molar-refractivity contribution in [3.8, 4) is 5.75 Å². The van der Waals surface area contributed by atoms with Gasteiger partial charge in [-0.15, -0.1) is 11.3 Å². The van der Waals surface area contributed by atoms with Crippen LogP contribution in [-0.2, 0) is 13.0 Å². The van der Waals surface area contributed by atoms with E-state index < -0.39 is 0 Å². The van der Waals surface area contributed by atoms with Gasteiger partial charge in [-0.3, -0.25) is 0 Å². The van der Waals surface area contributed by atoms with Gasteiger partial charge in [0.1, 0.15) is 12.4 Å². The van der Waals surface area contributed by atoms with Gasteiger partial charge in [-0.1, -0.05) is 18.5 Å². The van der Waals surface area contributed by atoms with Crippen molar-refractivity contribution >= 4 is 22.9 Å². The molecule has 19 heavy (non-hydrogen) atoms. The Morgan fingerprint density at radius 3 is 2.63 bits per heavy atom. The van der Waals surface area contributed by atoms with Gasteiger partial charge >= 0.3 is 0 Å². The molecule has 0 radical (unpaired) electrons. The van der Waals surface area contributed by atoms with Crippen LogP contribution in [0.3, 0.4) is 0 Å². The number of aryl methyl sites for hydroxylation is 1. The van der Waals surface area contributed by atoms with E-state index in [-0.39, 0.29) is 6.04 Å². The monoisotopic (exact) mass is 295 g/mol. The summed E-state index contributed by atoms with van der Waals surface area (Å²) in [5.41, 5.74) is 6.89. The summed E-state index contributed by atoms with van der Waals surface area (Å²) in [6.45, 7) is 4.66. The SMILES string of the molecule is CCc1ccc(COc2ccc(Cl)cc2C(C)N)s1. The Kier molecular flexibility index (Phi) is 4.86. The molecule has 0 aliphatic carbocycles. The molecule has 0 aliphatic heterocycles. The van der Waals surface area contributed by atoms with Crippen LogP contribution in [0.2, 0.25) is 5.02 Å². The molecule has 2 nitrogen and oxygen atoms in total. The fourth-order valence-electron chi connectivity index (χ4n) is 1.85. The predicted octanol–water partition coefficient (Wildman–Crippen LogP) is 4.56. The number of hydrogen-bond donors (Lipinski definition) is 1. The maximum atomic E-state index is 5.99. The second-order valence-corrected chi connectivity index (χ2v) is 6.17. The van der Waals surface area contributed by atoms with Crippen LogP contribution in [0.15, 0.2) is 30.3 Å². The molecule has 1 aromatic carbocycles. The highest BCUT2D eigenvalue weighted by molar-refractivity contribution is 7.11. The second kappa shape index (κ2) is 6.42. The van der Waals surface area contributed by atoms with E-state index in [1.165, 1.54) is 9.75 Å². The lowest BCUT2D eigenvalue weighted by molar-refractivity contribution is 0.305. The fourth-order valence-corrected chi connectivity index (χ4v) is 2.90. The van der Waals surface area contributed by atoms with Gasteiger partial charge in [0.25, 0.3) is 0 Å². The van der Waals surface area contributed by atoms with E-state index in [0.29, 0.717) is 11.6 Å². The van der Waals surface area contributed by atoms with Crippen LogP contribution in [0.25, 0.3) is 0 Å². The van der Waals surface area contributed by atoms with Gasteiger partial charge in [0.05, 0.1) is 0 Å². The Hall–Kier alpha value is -1.03. The summed E-state index contributed by atoms with van der Waals surface area (Å²) in [5.74, 6) is 0.811. The maximum absolute atomic E-state index is 5.99. The summed E-state index contributed by atoms with van der Waals surface area (Å²) in [4.78, 5) is 2.60. The lowest BCUT2D eigenvalue weighted by Crippen LogP contribution is -2.07. The van der Waals surface area contributed by atoms with Crippen LogP contribution in [0.1, 0.15) is 35.2 Å². The van der Waals surface area contributed by atoms with Gasteiger partial charge in [0.2, 0.25) is 0 Å². The van der Waals surface area contributed by atoms with Crippen LogP contribution in [0.4, 0.5) is 0 Å². The number of ether oxygens (including phenoxy) is 1. The largest absolute Gasteiger partial charge is 0.488 e. The topological polar surface area (TPSA) is 35.2 Å². The molecule has 2 N–H and O–H groups in total. The molecule has 2 rings (SSSR count). The van der Waals surface area contributed by atoms with Crippen molar-refractivity contribution in [3.05, 3.63) is 50.7 Å². The molecule has 4 heteroatoms. The van der Waals surface area contributed by atoms with E-state index in [4.69, 9.17) is 22.1 Å². The van der Waals surface area contributed by atoms with Gasteiger partial charge in [0, 0.05) is 26.4 Å². The van der Waals surface area contributed by atoms with E-state index in [1.54, 1.807) is 11.3 Å². The molecule has 0 bridgehead atoms. The third kappa shape index (κ3) is 3.72. The van der Waals surface area contributed by atoms with Crippen LogP contribution in [-0.4, -0.2) is 0 Å². The minimum absolute atomic E-state index is 0.0942. The number of benzene rings is 1. The summed E-state index contributed by atoms with van der Waals surface area (Å²) in [5, 5.41) is 0.684. The molecule has 102 valence electrons. The maximum Gasteiger partial charge on any atom is 0.124 e. The van der Waals surface area contributed by atoms with E-state index in [2.05, 4.69) is 19.1 Å². The minimum Gasteiger partial charge on any atom is -0.488 e. The minimum atomic E-state index is -0.0942. The molecule has 0 saturated heterocycles. The zero-order chi connectivity index (χ0) is 13.8. The number of nitrogens with two attached hydrogens (primary N) is 1. The molecule has 0 spiro atoms. The molecule has 1 heterocycles. The van der Waals surface area contributed by atoms with Crippen LogP contribution in [0, 0.1) is 0 Å². The molecular formula is C15H18ClNOS. The molecule has 2 aromatic rings. The quantitative estimate of drug-likeness (QED) is 0.877. The third-order valence-electron chi connectivity index (χ3n) is 2.90. The predicted molar refractivity (Wildman–Crippen MR) is 82.1 cm³/mol. The summed E-state index contributed by atoms with van der Waals surface area (Å²) < 4.78 is 5.87. The fraction of sp³-hybridized carbons (Fsp3) is 0.333. The first-order valence-corrected chi connectivity index (χ1v) is 7.55. The number of rotatable bonds is 5. The molecule has 1 unspecified atom stereocenters. The van der Waals surface area contributed by atoms with E-state index in [9.17, 15) is 0 Å². The number of hydrogen-bond acceptors (Lipinski definition) is 3. The Morgan fingerprint density at radius 2 is 2.00 bits per heavy atom. The van der Waals surface area contributed by atoms with Gasteiger partial charge in [-0.2, -0.15) is 0 Å². The lowest BCUT2D eigenvalue weighted by Gasteiger charge is -2.13. The van der Waals surface area contributed by atoms with Crippen molar-refractivity contribution in [2.75, 3.05) is 0 Å². The Bertz CT molecular complexity index is 551. The number of halogens is 1. The second-order valence-electron chi connectivity index (χ2n) is 4.48.